The summed E-state index contributed by atoms with van der Waals surface area (Å²) in [5, 5.41) is 14.0. The van der Waals surface area contributed by atoms with Crippen molar-refractivity contribution in [2.45, 2.75) is 0 Å². The standard InChI is InChI=1S/C13H18BrFN4O2/c1-17-4-6-18(7-5-17)3-2-16-12-8-10(14)11(15)9-13(12)19(20)21/h8-9,16H,2-7H2,1H3. The Morgan fingerprint density at radius 2 is 2.05 bits per heavy atom. The van der Waals surface area contributed by atoms with Gasteiger partial charge in [0.05, 0.1) is 15.5 Å². The Morgan fingerprint density at radius 1 is 1.38 bits per heavy atom. The molecule has 2 rings (SSSR count). The van der Waals surface area contributed by atoms with E-state index in [4.69, 9.17) is 0 Å². The average molecular weight is 361 g/mol. The summed E-state index contributed by atoms with van der Waals surface area (Å²) in [6, 6.07) is 2.35. The van der Waals surface area contributed by atoms with Crippen LogP contribution in [0.1, 0.15) is 0 Å². The number of rotatable bonds is 5. The summed E-state index contributed by atoms with van der Waals surface area (Å²) >= 11 is 3.05. The molecule has 1 N–H and O–H groups in total. The van der Waals surface area contributed by atoms with Crippen molar-refractivity contribution in [1.82, 2.24) is 9.80 Å². The third-order valence-electron chi connectivity index (χ3n) is 3.57. The zero-order chi connectivity index (χ0) is 15.4. The van der Waals surface area contributed by atoms with Crippen LogP contribution >= 0.6 is 15.9 Å². The summed E-state index contributed by atoms with van der Waals surface area (Å²) in [6.07, 6.45) is 0. The molecule has 21 heavy (non-hydrogen) atoms. The van der Waals surface area contributed by atoms with E-state index in [2.05, 4.69) is 38.1 Å². The van der Waals surface area contributed by atoms with Gasteiger partial charge in [-0.25, -0.2) is 4.39 Å². The normalized spacial score (nSPS) is 16.9. The zero-order valence-electron chi connectivity index (χ0n) is 11.8. The Bertz CT molecular complexity index is 521. The number of nitrogens with one attached hydrogen (secondary N) is 1. The first-order chi connectivity index (χ1) is 9.97. The lowest BCUT2D eigenvalue weighted by Gasteiger charge is -2.32. The first kappa shape index (κ1) is 16.1. The maximum atomic E-state index is 13.4. The van der Waals surface area contributed by atoms with Crippen molar-refractivity contribution in [1.29, 1.82) is 0 Å². The highest BCUT2D eigenvalue weighted by Crippen LogP contribution is 2.30. The number of nitro groups is 1. The smallest absolute Gasteiger partial charge is 0.295 e. The molecule has 0 unspecified atom stereocenters. The number of nitrogens with zero attached hydrogens (tertiary/aromatic N) is 3. The van der Waals surface area contributed by atoms with E-state index in [1.165, 1.54) is 6.07 Å². The molecule has 116 valence electrons. The molecular weight excluding hydrogens is 343 g/mol. The van der Waals surface area contributed by atoms with E-state index in [0.29, 0.717) is 12.2 Å². The fourth-order valence-electron chi connectivity index (χ4n) is 2.25. The molecular formula is C13H18BrFN4O2. The van der Waals surface area contributed by atoms with Gasteiger partial charge in [0.1, 0.15) is 11.5 Å². The first-order valence-corrected chi connectivity index (χ1v) is 7.55. The second-order valence-electron chi connectivity index (χ2n) is 5.11. The minimum Gasteiger partial charge on any atom is -0.378 e. The van der Waals surface area contributed by atoms with E-state index >= 15 is 0 Å². The van der Waals surface area contributed by atoms with Crippen LogP contribution < -0.4 is 5.32 Å². The molecule has 1 aliphatic rings. The van der Waals surface area contributed by atoms with Crippen molar-refractivity contribution in [3.63, 3.8) is 0 Å². The molecule has 1 aliphatic heterocycles. The van der Waals surface area contributed by atoms with Crippen molar-refractivity contribution in [3.05, 3.63) is 32.5 Å². The van der Waals surface area contributed by atoms with Gasteiger partial charge in [0.25, 0.3) is 5.69 Å². The molecule has 8 heteroatoms. The fraction of sp³-hybridized carbons (Fsp3) is 0.538. The number of piperazine rings is 1. The van der Waals surface area contributed by atoms with Crippen LogP contribution in [0.4, 0.5) is 15.8 Å². The van der Waals surface area contributed by atoms with Crippen LogP contribution in [0.3, 0.4) is 0 Å². The highest BCUT2D eigenvalue weighted by molar-refractivity contribution is 9.10. The molecule has 1 aromatic carbocycles. The number of halogens is 2. The number of anilines is 1. The maximum absolute atomic E-state index is 13.4. The number of hydrogen-bond acceptors (Lipinski definition) is 5. The topological polar surface area (TPSA) is 61.6 Å². The third-order valence-corrected chi connectivity index (χ3v) is 4.18. The molecule has 0 atom stereocenters. The third kappa shape index (κ3) is 4.36. The average Bonchev–Trinajstić information content (AvgIpc) is 2.44. The lowest BCUT2D eigenvalue weighted by atomic mass is 10.2. The van der Waals surface area contributed by atoms with Gasteiger partial charge in [0.15, 0.2) is 0 Å². The van der Waals surface area contributed by atoms with E-state index in [-0.39, 0.29) is 10.2 Å². The molecule has 0 spiro atoms. The van der Waals surface area contributed by atoms with Crippen molar-refractivity contribution < 1.29 is 9.31 Å². The molecule has 1 heterocycles. The van der Waals surface area contributed by atoms with E-state index in [9.17, 15) is 14.5 Å². The number of nitro benzene ring substituents is 1. The number of benzene rings is 1. The van der Waals surface area contributed by atoms with Gasteiger partial charge in [-0.3, -0.25) is 15.0 Å². The Hall–Kier alpha value is -1.25. The molecule has 0 radical (unpaired) electrons. The lowest BCUT2D eigenvalue weighted by Crippen LogP contribution is -2.45. The van der Waals surface area contributed by atoms with E-state index in [0.717, 1.165) is 38.8 Å². The second kappa shape index (κ2) is 7.15. The summed E-state index contributed by atoms with van der Waals surface area (Å²) in [5.41, 5.74) is 0.0940. The van der Waals surface area contributed by atoms with Crippen LogP contribution in [-0.2, 0) is 0 Å². The van der Waals surface area contributed by atoms with Gasteiger partial charge < -0.3 is 10.2 Å². The van der Waals surface area contributed by atoms with Crippen molar-refractivity contribution >= 4 is 27.3 Å². The first-order valence-electron chi connectivity index (χ1n) is 6.75. The van der Waals surface area contributed by atoms with Crippen molar-refractivity contribution in [3.8, 4) is 0 Å². The van der Waals surface area contributed by atoms with Crippen LogP contribution in [0, 0.1) is 15.9 Å². The Morgan fingerprint density at radius 3 is 2.67 bits per heavy atom. The summed E-state index contributed by atoms with van der Waals surface area (Å²) in [4.78, 5) is 15.0. The Kier molecular flexibility index (Phi) is 5.49. The highest BCUT2D eigenvalue weighted by Gasteiger charge is 2.18. The van der Waals surface area contributed by atoms with Crippen LogP contribution in [0.15, 0.2) is 16.6 Å². The molecule has 0 aromatic heterocycles. The van der Waals surface area contributed by atoms with Crippen LogP contribution in [-0.4, -0.2) is 61.0 Å². The molecule has 0 aliphatic carbocycles. The van der Waals surface area contributed by atoms with Crippen LogP contribution in [0.5, 0.6) is 0 Å². The minimum absolute atomic E-state index is 0.218. The predicted molar refractivity (Wildman–Crippen MR) is 83.2 cm³/mol. The molecule has 1 fully saturated rings. The quantitative estimate of drug-likeness (QED) is 0.643. The largest absolute Gasteiger partial charge is 0.378 e. The van der Waals surface area contributed by atoms with Gasteiger partial charge in [0, 0.05) is 39.3 Å². The monoisotopic (exact) mass is 360 g/mol. The molecule has 6 nitrogen and oxygen atoms in total. The number of hydrogen-bond donors (Lipinski definition) is 1. The van der Waals surface area contributed by atoms with Gasteiger partial charge in [0.2, 0.25) is 0 Å². The van der Waals surface area contributed by atoms with Gasteiger partial charge in [-0.1, -0.05) is 0 Å². The Balaban J connectivity index is 1.93. The van der Waals surface area contributed by atoms with Gasteiger partial charge in [-0.05, 0) is 29.0 Å². The Labute approximate surface area is 131 Å². The summed E-state index contributed by atoms with van der Waals surface area (Å²) in [7, 11) is 2.09. The molecule has 0 amide bonds. The van der Waals surface area contributed by atoms with Crippen LogP contribution in [0.2, 0.25) is 0 Å². The summed E-state index contributed by atoms with van der Waals surface area (Å²) < 4.78 is 13.6. The molecule has 0 saturated carbocycles. The fourth-order valence-corrected chi connectivity index (χ4v) is 2.59. The van der Waals surface area contributed by atoms with Crippen LogP contribution in [0.25, 0.3) is 0 Å². The highest BCUT2D eigenvalue weighted by atomic mass is 79.9. The minimum atomic E-state index is -0.633. The summed E-state index contributed by atoms with van der Waals surface area (Å²) in [5.74, 6) is -0.633. The van der Waals surface area contributed by atoms with Crippen molar-refractivity contribution in [2.75, 3.05) is 51.6 Å². The van der Waals surface area contributed by atoms with Crippen molar-refractivity contribution in [2.24, 2.45) is 0 Å². The zero-order valence-corrected chi connectivity index (χ0v) is 13.4. The van der Waals surface area contributed by atoms with E-state index in [1.54, 1.807) is 0 Å². The van der Waals surface area contributed by atoms with Gasteiger partial charge >= 0.3 is 0 Å². The lowest BCUT2D eigenvalue weighted by molar-refractivity contribution is -0.384. The SMILES string of the molecule is CN1CCN(CCNc2cc(Br)c(F)cc2[N+](=O)[O-])CC1. The van der Waals surface area contributed by atoms with E-state index < -0.39 is 10.7 Å². The molecule has 1 saturated heterocycles. The van der Waals surface area contributed by atoms with Gasteiger partial charge in [-0.15, -0.1) is 0 Å². The molecule has 1 aromatic rings. The second-order valence-corrected chi connectivity index (χ2v) is 5.97. The predicted octanol–water partition coefficient (Wildman–Crippen LogP) is 2.16. The maximum Gasteiger partial charge on any atom is 0.295 e. The summed E-state index contributed by atoms with van der Waals surface area (Å²) in [6.45, 7) is 5.44. The van der Waals surface area contributed by atoms with E-state index in [1.807, 2.05) is 0 Å². The van der Waals surface area contributed by atoms with Gasteiger partial charge in [-0.2, -0.15) is 0 Å². The molecule has 0 bridgehead atoms. The number of likely N-dealkylation sites (N-methyl/N-ethyl adjacent to an activating group) is 1.